The number of carbonyl (C=O) groups is 1. The van der Waals surface area contributed by atoms with Gasteiger partial charge >= 0.3 is 12.1 Å². The van der Waals surface area contributed by atoms with Gasteiger partial charge in [-0.05, 0) is 55.7 Å². The van der Waals surface area contributed by atoms with E-state index in [-0.39, 0.29) is 36.4 Å². The lowest BCUT2D eigenvalue weighted by molar-refractivity contribution is -0.137. The number of sulfonamides is 1. The Morgan fingerprint density at radius 2 is 1.81 bits per heavy atom. The summed E-state index contributed by atoms with van der Waals surface area (Å²) >= 11 is 0. The number of nitrogens with one attached hydrogen (secondary N) is 1. The van der Waals surface area contributed by atoms with Crippen LogP contribution in [0.5, 0.6) is 5.75 Å². The Morgan fingerprint density at radius 1 is 1.19 bits per heavy atom. The topological polar surface area (TPSA) is 92.7 Å². The van der Waals surface area contributed by atoms with E-state index in [9.17, 15) is 26.4 Å². The van der Waals surface area contributed by atoms with Crippen LogP contribution in [0, 0.1) is 0 Å². The molecule has 0 aromatic heterocycles. The molecule has 0 fully saturated rings. The van der Waals surface area contributed by atoms with Gasteiger partial charge in [-0.25, -0.2) is 13.2 Å². The van der Waals surface area contributed by atoms with E-state index in [0.29, 0.717) is 11.1 Å². The van der Waals surface area contributed by atoms with Gasteiger partial charge in [0.15, 0.2) is 0 Å². The zero-order valence-corrected chi connectivity index (χ0v) is 18.4. The van der Waals surface area contributed by atoms with Crippen molar-refractivity contribution in [3.8, 4) is 5.75 Å². The summed E-state index contributed by atoms with van der Waals surface area (Å²) in [5.41, 5.74) is 0.0845. The van der Waals surface area contributed by atoms with Gasteiger partial charge in [0, 0.05) is 0 Å². The summed E-state index contributed by atoms with van der Waals surface area (Å²) in [5.74, 6) is -1.41. The monoisotopic (exact) mass is 471 g/mol. The highest BCUT2D eigenvalue weighted by Crippen LogP contribution is 2.36. The van der Waals surface area contributed by atoms with Gasteiger partial charge < -0.3 is 9.84 Å². The molecule has 0 spiro atoms. The Bertz CT molecular complexity index is 1080. The lowest BCUT2D eigenvalue weighted by Crippen LogP contribution is -2.28. The second-order valence-corrected chi connectivity index (χ2v) is 9.30. The molecule has 10 heteroatoms. The number of benzene rings is 2. The number of halogens is 3. The molecule has 174 valence electrons. The quantitative estimate of drug-likeness (QED) is 0.449. The molecule has 0 saturated carbocycles. The molecule has 1 atom stereocenters. The minimum atomic E-state index is -4.65. The minimum Gasteiger partial charge on any atom is -0.487 e. The fourth-order valence-corrected chi connectivity index (χ4v) is 4.49. The van der Waals surface area contributed by atoms with Gasteiger partial charge in [-0.2, -0.15) is 13.2 Å². The van der Waals surface area contributed by atoms with Crippen LogP contribution in [0.25, 0.3) is 0 Å². The van der Waals surface area contributed by atoms with Crippen molar-refractivity contribution in [2.24, 2.45) is 0 Å². The van der Waals surface area contributed by atoms with Crippen LogP contribution in [0.2, 0.25) is 0 Å². The molecule has 0 radical (unpaired) electrons. The molecule has 0 aliphatic heterocycles. The summed E-state index contributed by atoms with van der Waals surface area (Å²) in [7, 11) is -3.93. The number of alkyl halides is 3. The fraction of sp³-hybridized carbons (Fsp3) is 0.318. The zero-order chi connectivity index (χ0) is 24.1. The Labute approximate surface area is 184 Å². The first kappa shape index (κ1) is 25.3. The molecule has 32 heavy (non-hydrogen) atoms. The van der Waals surface area contributed by atoms with E-state index >= 15 is 0 Å². The molecule has 2 aromatic carbocycles. The summed E-state index contributed by atoms with van der Waals surface area (Å²) < 4.78 is 73.0. The normalized spacial score (nSPS) is 12.8. The third-order valence-electron chi connectivity index (χ3n) is 4.63. The van der Waals surface area contributed by atoms with Crippen molar-refractivity contribution in [3.63, 3.8) is 0 Å². The van der Waals surface area contributed by atoms with Crippen molar-refractivity contribution in [1.29, 1.82) is 0 Å². The van der Waals surface area contributed by atoms with Crippen LogP contribution in [-0.2, 0) is 22.8 Å². The van der Waals surface area contributed by atoms with E-state index in [1.807, 2.05) is 0 Å². The van der Waals surface area contributed by atoms with Gasteiger partial charge in [-0.3, -0.25) is 4.72 Å². The standard InChI is InChI=1S/C22H24F3NO5S/c1-4-18(11-14(2)3)32(29,30)26-19-10-9-17(22(23,24)25)12-20(19)31-13-15-5-7-16(8-6-15)21(27)28/h5-10,12,18,26H,2,4,11,13H2,1,3H3,(H,27,28). The number of allylic oxidation sites excluding steroid dienone is 1. The van der Waals surface area contributed by atoms with Crippen molar-refractivity contribution in [2.45, 2.75) is 44.7 Å². The number of aromatic carboxylic acids is 1. The molecule has 0 amide bonds. The number of rotatable bonds is 10. The van der Waals surface area contributed by atoms with Crippen LogP contribution in [-0.4, -0.2) is 24.7 Å². The van der Waals surface area contributed by atoms with Crippen LogP contribution in [0.3, 0.4) is 0 Å². The molecule has 1 unspecified atom stereocenters. The van der Waals surface area contributed by atoms with E-state index in [1.165, 1.54) is 24.3 Å². The van der Waals surface area contributed by atoms with Crippen molar-refractivity contribution in [3.05, 3.63) is 71.3 Å². The minimum absolute atomic E-state index is 0.0457. The molecular weight excluding hydrogens is 447 g/mol. The molecule has 2 N–H and O–H groups in total. The third-order valence-corrected chi connectivity index (χ3v) is 6.51. The van der Waals surface area contributed by atoms with Gasteiger partial charge in [0.2, 0.25) is 10.0 Å². The van der Waals surface area contributed by atoms with Gasteiger partial charge in [-0.1, -0.05) is 24.6 Å². The van der Waals surface area contributed by atoms with Crippen LogP contribution in [0.1, 0.15) is 48.2 Å². The average Bonchev–Trinajstić information content (AvgIpc) is 2.70. The average molecular weight is 471 g/mol. The van der Waals surface area contributed by atoms with Crippen LogP contribution < -0.4 is 9.46 Å². The molecule has 0 saturated heterocycles. The maximum atomic E-state index is 13.2. The Morgan fingerprint density at radius 3 is 2.31 bits per heavy atom. The van der Waals surface area contributed by atoms with E-state index in [2.05, 4.69) is 11.3 Å². The smallest absolute Gasteiger partial charge is 0.416 e. The molecular formula is C22H24F3NO5S. The maximum Gasteiger partial charge on any atom is 0.416 e. The summed E-state index contributed by atoms with van der Waals surface area (Å²) in [6.07, 6.45) is -4.15. The highest BCUT2D eigenvalue weighted by Gasteiger charge is 2.32. The molecule has 0 aliphatic carbocycles. The number of hydrogen-bond acceptors (Lipinski definition) is 4. The predicted molar refractivity (Wildman–Crippen MR) is 115 cm³/mol. The number of carboxylic acid groups (broad SMARTS) is 1. The Balaban J connectivity index is 2.34. The zero-order valence-electron chi connectivity index (χ0n) is 17.6. The number of anilines is 1. The number of ether oxygens (including phenoxy) is 1. The van der Waals surface area contributed by atoms with Gasteiger partial charge in [-0.15, -0.1) is 6.58 Å². The Kier molecular flexibility index (Phi) is 7.95. The van der Waals surface area contributed by atoms with E-state index in [4.69, 9.17) is 9.84 Å². The molecule has 2 aromatic rings. The SMILES string of the molecule is C=C(C)CC(CC)S(=O)(=O)Nc1ccc(C(F)(F)F)cc1OCc1ccc(C(=O)O)cc1. The highest BCUT2D eigenvalue weighted by atomic mass is 32.2. The number of hydrogen-bond donors (Lipinski definition) is 2. The van der Waals surface area contributed by atoms with Crippen molar-refractivity contribution >= 4 is 21.7 Å². The second-order valence-electron chi connectivity index (χ2n) is 7.34. The Hall–Kier alpha value is -3.01. The molecule has 0 heterocycles. The van der Waals surface area contributed by atoms with Crippen LogP contribution >= 0.6 is 0 Å². The van der Waals surface area contributed by atoms with Crippen molar-refractivity contribution < 1.29 is 36.2 Å². The largest absolute Gasteiger partial charge is 0.487 e. The fourth-order valence-electron chi connectivity index (χ4n) is 2.91. The van der Waals surface area contributed by atoms with Crippen molar-refractivity contribution in [1.82, 2.24) is 0 Å². The molecule has 2 rings (SSSR count). The predicted octanol–water partition coefficient (Wildman–Crippen LogP) is 5.47. The van der Waals surface area contributed by atoms with E-state index in [1.54, 1.807) is 13.8 Å². The summed E-state index contributed by atoms with van der Waals surface area (Å²) in [6, 6.07) is 8.09. The van der Waals surface area contributed by atoms with E-state index < -0.39 is 33.0 Å². The van der Waals surface area contributed by atoms with Crippen LogP contribution in [0.4, 0.5) is 18.9 Å². The summed E-state index contributed by atoms with van der Waals surface area (Å²) in [6.45, 7) is 6.91. The molecule has 6 nitrogen and oxygen atoms in total. The lowest BCUT2D eigenvalue weighted by atomic mass is 10.1. The van der Waals surface area contributed by atoms with Gasteiger partial charge in [0.05, 0.1) is 22.1 Å². The van der Waals surface area contributed by atoms with Gasteiger partial charge in [0.1, 0.15) is 12.4 Å². The lowest BCUT2D eigenvalue weighted by Gasteiger charge is -2.20. The second kappa shape index (κ2) is 10.1. The number of carboxylic acids is 1. The first-order chi connectivity index (χ1) is 14.8. The van der Waals surface area contributed by atoms with Crippen LogP contribution in [0.15, 0.2) is 54.6 Å². The van der Waals surface area contributed by atoms with Crippen molar-refractivity contribution in [2.75, 3.05) is 4.72 Å². The first-order valence-electron chi connectivity index (χ1n) is 9.65. The third kappa shape index (κ3) is 6.74. The summed E-state index contributed by atoms with van der Waals surface area (Å²) in [5, 5.41) is 8.14. The first-order valence-corrected chi connectivity index (χ1v) is 11.2. The highest BCUT2D eigenvalue weighted by molar-refractivity contribution is 7.93. The van der Waals surface area contributed by atoms with E-state index in [0.717, 1.165) is 18.2 Å². The summed E-state index contributed by atoms with van der Waals surface area (Å²) in [4.78, 5) is 10.9. The molecule has 0 aliphatic rings. The van der Waals surface area contributed by atoms with Gasteiger partial charge in [0.25, 0.3) is 0 Å². The maximum absolute atomic E-state index is 13.2. The molecule has 0 bridgehead atoms.